The fourth-order valence-corrected chi connectivity index (χ4v) is 21.5. The first-order chi connectivity index (χ1) is 45.0. The highest BCUT2D eigenvalue weighted by Gasteiger charge is 2.50. The van der Waals surface area contributed by atoms with E-state index in [0.29, 0.717) is 29.0 Å². The number of alkyl carbamates (subject to hydrolysis) is 1. The fraction of sp³-hybridized carbons (Fsp3) is 0.353. The zero-order valence-electron chi connectivity index (χ0n) is 53.8. The van der Waals surface area contributed by atoms with Crippen molar-refractivity contribution in [2.75, 3.05) is 50.3 Å². The third-order valence-corrected chi connectivity index (χ3v) is 26.6. The molecule has 26 heteroatoms. The number of esters is 3. The van der Waals surface area contributed by atoms with Gasteiger partial charge in [0.25, 0.3) is 0 Å². The molecule has 94 heavy (non-hydrogen) atoms. The number of nitrogens with one attached hydrogen (secondary N) is 3. The number of ether oxygens (including phenoxy) is 6. The Balaban J connectivity index is 0.963. The van der Waals surface area contributed by atoms with E-state index in [0.717, 1.165) is 123 Å². The summed E-state index contributed by atoms with van der Waals surface area (Å²) < 4.78 is 42.6. The van der Waals surface area contributed by atoms with Crippen molar-refractivity contribution in [3.63, 3.8) is 0 Å². The first-order valence-corrected chi connectivity index (χ1v) is 37.8. The summed E-state index contributed by atoms with van der Waals surface area (Å²) >= 11 is 13.6. The Kier molecular flexibility index (Phi) is 20.5. The number of hydrogen-bond acceptors (Lipinski definition) is 23. The largest absolute Gasteiger partial charge is 0.466 e. The van der Waals surface area contributed by atoms with Gasteiger partial charge in [0.2, 0.25) is 0 Å². The molecule has 1 atom stereocenters. The van der Waals surface area contributed by atoms with Gasteiger partial charge in [0.15, 0.2) is 0 Å². The first-order valence-electron chi connectivity index (χ1n) is 30.6. The van der Waals surface area contributed by atoms with E-state index in [-0.39, 0.29) is 75.1 Å². The summed E-state index contributed by atoms with van der Waals surface area (Å²) in [7, 11) is 0. The van der Waals surface area contributed by atoms with E-state index in [1.807, 2.05) is 54.6 Å². The molecule has 3 N–H and O–H groups in total. The van der Waals surface area contributed by atoms with Gasteiger partial charge in [0, 0.05) is 80.8 Å². The van der Waals surface area contributed by atoms with Crippen LogP contribution in [0.3, 0.4) is 0 Å². The zero-order chi connectivity index (χ0) is 67.0. The smallest absolute Gasteiger partial charge is 0.411 e. The number of anilines is 2. The first kappa shape index (κ1) is 68.3. The topological polar surface area (TPSA) is 220 Å². The van der Waals surface area contributed by atoms with Gasteiger partial charge in [-0.25, -0.2) is 14.4 Å². The molecule has 0 aliphatic heterocycles. The Morgan fingerprint density at radius 3 is 1.33 bits per heavy atom. The second kappa shape index (κ2) is 28.3. The minimum absolute atomic E-state index is 0.00673. The van der Waals surface area contributed by atoms with Gasteiger partial charge >= 0.3 is 36.2 Å². The molecule has 9 heterocycles. The Morgan fingerprint density at radius 1 is 0.404 bits per heavy atom. The summed E-state index contributed by atoms with van der Waals surface area (Å²) in [5.74, 6) is -1.13. The molecule has 0 saturated heterocycles. The predicted molar refractivity (Wildman–Crippen MR) is 385 cm³/mol. The van der Waals surface area contributed by atoms with E-state index in [9.17, 15) is 28.8 Å². The summed E-state index contributed by atoms with van der Waals surface area (Å²) in [5, 5.41) is 9.14. The maximum absolute atomic E-state index is 13.7. The predicted octanol–water partition coefficient (Wildman–Crippen LogP) is 19.7. The number of fused-ring (bicyclic) bond motifs is 4. The van der Waals surface area contributed by atoms with E-state index >= 15 is 0 Å². The fourth-order valence-electron chi connectivity index (χ4n) is 10.9. The lowest BCUT2D eigenvalue weighted by molar-refractivity contribution is -0.145. The van der Waals surface area contributed by atoms with Crippen LogP contribution in [-0.2, 0) is 72.0 Å². The van der Waals surface area contributed by atoms with Crippen molar-refractivity contribution >= 4 is 161 Å². The summed E-state index contributed by atoms with van der Waals surface area (Å²) in [5.41, 5.74) is 5.65. The molecule has 1 aromatic carbocycles. The summed E-state index contributed by atoms with van der Waals surface area (Å²) in [4.78, 5) is 94.7. The van der Waals surface area contributed by atoms with Crippen molar-refractivity contribution < 1.29 is 57.2 Å². The van der Waals surface area contributed by atoms with Gasteiger partial charge in [-0.15, -0.1) is 90.7 Å². The second-order valence-corrected chi connectivity index (χ2v) is 32.7. The van der Waals surface area contributed by atoms with Crippen LogP contribution in [0.25, 0.3) is 90.4 Å². The summed E-state index contributed by atoms with van der Waals surface area (Å²) in [6, 6.07) is 24.3. The number of thiophene rings is 8. The Hall–Kier alpha value is -7.14. The van der Waals surface area contributed by atoms with E-state index in [2.05, 4.69) is 75.7 Å². The molecule has 1 aliphatic rings. The van der Waals surface area contributed by atoms with Crippen LogP contribution < -0.4 is 16.0 Å². The molecular formula is C68H69N5O12S9. The highest BCUT2D eigenvalue weighted by atomic mass is 32.1. The van der Waals surface area contributed by atoms with Gasteiger partial charge in [-0.2, -0.15) is 8.75 Å². The zero-order valence-corrected chi connectivity index (χ0v) is 61.1. The van der Waals surface area contributed by atoms with Gasteiger partial charge in [0.05, 0.1) is 102 Å². The third kappa shape index (κ3) is 14.1. The summed E-state index contributed by atoms with van der Waals surface area (Å²) in [6.45, 7) is 24.6. The maximum Gasteiger partial charge on any atom is 0.411 e. The Morgan fingerprint density at radius 2 is 0.798 bits per heavy atom. The molecule has 9 aromatic heterocycles. The van der Waals surface area contributed by atoms with Crippen LogP contribution in [-0.4, -0.2) is 84.6 Å². The van der Waals surface area contributed by atoms with Crippen LogP contribution in [0.2, 0.25) is 0 Å². The van der Waals surface area contributed by atoms with Crippen molar-refractivity contribution in [3.8, 4) is 79.4 Å². The molecule has 1 aliphatic carbocycles. The van der Waals surface area contributed by atoms with Crippen molar-refractivity contribution in [3.05, 3.63) is 105 Å². The minimum atomic E-state index is -1.29. The highest BCUT2D eigenvalue weighted by molar-refractivity contribution is 7.31. The quantitative estimate of drug-likeness (QED) is 0.0425. The number of amides is 3. The van der Waals surface area contributed by atoms with Gasteiger partial charge in [-0.3, -0.25) is 25.0 Å². The number of nitrogens with zero attached hydrogens (tertiary/aromatic N) is 2. The van der Waals surface area contributed by atoms with Crippen LogP contribution in [0.4, 0.5) is 25.8 Å². The molecule has 0 fully saturated rings. The average Bonchev–Trinajstić information content (AvgIpc) is 1.54. The number of benzene rings is 1. The Bertz CT molecular complexity index is 4490. The van der Waals surface area contributed by atoms with Crippen LogP contribution in [0, 0.1) is 0 Å². The van der Waals surface area contributed by atoms with E-state index < -0.39 is 29.8 Å². The molecule has 3 amide bonds. The molecule has 0 radical (unpaired) electrons. The molecule has 17 nitrogen and oxygen atoms in total. The highest BCUT2D eigenvalue weighted by Crippen LogP contribution is 2.60. The van der Waals surface area contributed by atoms with E-state index in [1.165, 1.54) is 45.3 Å². The van der Waals surface area contributed by atoms with Crippen molar-refractivity contribution in [1.82, 2.24) is 14.1 Å². The SMILES string of the molecule is CCOC(=O)Cc1cc(-c2ccc(-c3cc(NC(=O)OCC)c(-c4ccc(-c5sc(C(C)(C)C)cc5CC(=O)OCC)s4)s3)c3nsnc23)sc1-c1ccc(-c2sc(-c3cc4c(s3)-c3sc(C(C)(C)C)cc3C4(CC(=O)OCC)NC(=O)OCC)cc2NC(=O)OCC)s1. The lowest BCUT2D eigenvalue weighted by Gasteiger charge is -2.31. The van der Waals surface area contributed by atoms with Gasteiger partial charge < -0.3 is 33.7 Å². The van der Waals surface area contributed by atoms with Crippen molar-refractivity contribution in [2.24, 2.45) is 0 Å². The standard InChI is InChI=1S/C68H69N5O12S9/c1-13-80-52(74)27-34-25-46(36-19-20-37(56-55(36)72-94-73-56)47-31-40(69-63(77)83-16-4)61(89-47)44-24-22-43(87-44)58-35(28-53(75)81-14-2)26-50(92-58)66(7,8)9)88-57(34)42-21-23-45(86-42)62-41(70-64(78)84-17-5)32-49(91-62)48-29-38-59(90-48)60-39(30-51(93-60)67(10,11)12)68(38,33-54(76)82-15-3)71-65(79)85-18-6/h19-26,29-32H,13-18,27-28,33H2,1-12H3,(H,69,77)(H,70,78)(H,71,79). The van der Waals surface area contributed by atoms with Crippen LogP contribution in [0.15, 0.2) is 72.8 Å². The maximum atomic E-state index is 13.7. The van der Waals surface area contributed by atoms with E-state index in [4.69, 9.17) is 37.2 Å². The van der Waals surface area contributed by atoms with Gasteiger partial charge in [-0.1, -0.05) is 53.7 Å². The minimum Gasteiger partial charge on any atom is -0.466 e. The van der Waals surface area contributed by atoms with Gasteiger partial charge in [-0.05, 0) is 124 Å². The number of carbonyl (C=O) groups is 6. The molecule has 10 aromatic rings. The molecule has 1 unspecified atom stereocenters. The molecule has 11 rings (SSSR count). The van der Waals surface area contributed by atoms with Gasteiger partial charge in [0.1, 0.15) is 16.6 Å². The number of carbonyl (C=O) groups excluding carboxylic acids is 6. The van der Waals surface area contributed by atoms with Crippen LogP contribution in [0.5, 0.6) is 0 Å². The third-order valence-electron chi connectivity index (χ3n) is 15.1. The average molecular weight is 1440 g/mol. The van der Waals surface area contributed by atoms with Crippen LogP contribution in [0.1, 0.15) is 122 Å². The number of hydrogen-bond donors (Lipinski definition) is 3. The lowest BCUT2D eigenvalue weighted by atomic mass is 9.84. The molecule has 0 saturated carbocycles. The van der Waals surface area contributed by atoms with Crippen LogP contribution >= 0.6 is 102 Å². The monoisotopic (exact) mass is 1440 g/mol. The second-order valence-electron chi connectivity index (χ2n) is 23.7. The lowest BCUT2D eigenvalue weighted by Crippen LogP contribution is -2.47. The number of aromatic nitrogens is 2. The molecule has 492 valence electrons. The normalized spacial score (nSPS) is 13.6. The molecular weight excluding hydrogens is 1370 g/mol. The molecule has 0 spiro atoms. The number of rotatable bonds is 22. The van der Waals surface area contributed by atoms with Crippen molar-refractivity contribution in [2.45, 2.75) is 119 Å². The summed E-state index contributed by atoms with van der Waals surface area (Å²) in [6.07, 6.45) is -1.86. The molecule has 0 bridgehead atoms. The van der Waals surface area contributed by atoms with E-state index in [1.54, 1.807) is 86.9 Å². The Labute approximate surface area is 580 Å². The van der Waals surface area contributed by atoms with Crippen molar-refractivity contribution in [1.29, 1.82) is 0 Å².